The Hall–Kier alpha value is -5.22. The molecule has 0 spiro atoms. The fraction of sp³-hybridized carbons (Fsp3) is 0. The standard InChI is InChI=1S/C34H22N4/c1-3-10-23(11-4-1)32-36-33(24-12-5-2-6-13-24)38-34(37-32)27-15-9-14-25(20-27)26-18-19-28-22-35-31-17-8-7-16-29(31)30(28)21-26/h1-22H. The molecule has 178 valence electrons. The molecule has 4 nitrogen and oxygen atoms in total. The summed E-state index contributed by atoms with van der Waals surface area (Å²) in [5, 5.41) is 3.47. The first kappa shape index (κ1) is 22.0. The molecular formula is C34H22N4. The van der Waals surface area contributed by atoms with E-state index in [4.69, 9.17) is 15.0 Å². The predicted molar refractivity (Wildman–Crippen MR) is 154 cm³/mol. The van der Waals surface area contributed by atoms with Gasteiger partial charge in [0.05, 0.1) is 5.52 Å². The number of pyridine rings is 1. The summed E-state index contributed by atoms with van der Waals surface area (Å²) in [5.41, 5.74) is 6.10. The molecule has 0 amide bonds. The Morgan fingerprint density at radius 2 is 0.921 bits per heavy atom. The van der Waals surface area contributed by atoms with Crippen molar-refractivity contribution in [2.45, 2.75) is 0 Å². The second-order valence-corrected chi connectivity index (χ2v) is 9.20. The molecule has 38 heavy (non-hydrogen) atoms. The minimum atomic E-state index is 0.648. The second-order valence-electron chi connectivity index (χ2n) is 9.20. The molecule has 0 atom stereocenters. The molecule has 0 fully saturated rings. The second kappa shape index (κ2) is 9.34. The van der Waals surface area contributed by atoms with E-state index in [0.717, 1.165) is 44.1 Å². The molecule has 0 radical (unpaired) electrons. The van der Waals surface area contributed by atoms with Gasteiger partial charge in [0.15, 0.2) is 17.5 Å². The topological polar surface area (TPSA) is 51.6 Å². The van der Waals surface area contributed by atoms with Gasteiger partial charge >= 0.3 is 0 Å². The molecule has 2 aromatic heterocycles. The molecule has 4 heteroatoms. The smallest absolute Gasteiger partial charge is 0.164 e. The van der Waals surface area contributed by atoms with Crippen molar-refractivity contribution in [3.63, 3.8) is 0 Å². The SMILES string of the molecule is c1ccc(-c2nc(-c3ccccc3)nc(-c3cccc(-c4ccc5cnc6ccccc6c5c4)c3)n2)cc1. The van der Waals surface area contributed by atoms with Crippen molar-refractivity contribution in [1.82, 2.24) is 19.9 Å². The highest BCUT2D eigenvalue weighted by Gasteiger charge is 2.13. The van der Waals surface area contributed by atoms with E-state index in [1.54, 1.807) is 0 Å². The van der Waals surface area contributed by atoms with Gasteiger partial charge in [-0.05, 0) is 34.7 Å². The number of aromatic nitrogens is 4. The molecule has 0 saturated heterocycles. The van der Waals surface area contributed by atoms with Crippen molar-refractivity contribution in [3.05, 3.63) is 134 Å². The van der Waals surface area contributed by atoms with E-state index >= 15 is 0 Å². The third-order valence-corrected chi connectivity index (χ3v) is 6.74. The van der Waals surface area contributed by atoms with Gasteiger partial charge in [0.1, 0.15) is 0 Å². The maximum atomic E-state index is 4.89. The summed E-state index contributed by atoms with van der Waals surface area (Å²) in [6, 6.07) is 43.3. The lowest BCUT2D eigenvalue weighted by molar-refractivity contribution is 1.07. The van der Waals surface area contributed by atoms with Crippen LogP contribution < -0.4 is 0 Å². The molecule has 0 N–H and O–H groups in total. The van der Waals surface area contributed by atoms with Crippen LogP contribution in [0.25, 0.3) is 67.0 Å². The Balaban J connectivity index is 1.37. The van der Waals surface area contributed by atoms with Gasteiger partial charge in [-0.3, -0.25) is 4.98 Å². The van der Waals surface area contributed by atoms with E-state index < -0.39 is 0 Å². The first-order chi connectivity index (χ1) is 18.8. The Labute approximate surface area is 220 Å². The Morgan fingerprint density at radius 3 is 1.63 bits per heavy atom. The summed E-state index contributed by atoms with van der Waals surface area (Å²) in [6.07, 6.45) is 1.94. The summed E-state index contributed by atoms with van der Waals surface area (Å²) in [5.74, 6) is 1.96. The molecule has 7 aromatic rings. The number of para-hydroxylation sites is 1. The minimum Gasteiger partial charge on any atom is -0.256 e. The summed E-state index contributed by atoms with van der Waals surface area (Å²) >= 11 is 0. The van der Waals surface area contributed by atoms with E-state index in [1.807, 2.05) is 72.9 Å². The zero-order valence-corrected chi connectivity index (χ0v) is 20.5. The van der Waals surface area contributed by atoms with Crippen LogP contribution in [0.4, 0.5) is 0 Å². The number of benzene rings is 5. The number of hydrogen-bond donors (Lipinski definition) is 0. The van der Waals surface area contributed by atoms with Crippen molar-refractivity contribution in [2.24, 2.45) is 0 Å². The first-order valence-corrected chi connectivity index (χ1v) is 12.6. The Kier molecular flexibility index (Phi) is 5.41. The van der Waals surface area contributed by atoms with E-state index in [2.05, 4.69) is 65.6 Å². The van der Waals surface area contributed by atoms with Crippen LogP contribution in [0, 0.1) is 0 Å². The van der Waals surface area contributed by atoms with Crippen LogP contribution >= 0.6 is 0 Å². The summed E-state index contributed by atoms with van der Waals surface area (Å²) in [6.45, 7) is 0. The van der Waals surface area contributed by atoms with Crippen LogP contribution in [0.15, 0.2) is 134 Å². The van der Waals surface area contributed by atoms with Gasteiger partial charge < -0.3 is 0 Å². The molecule has 0 aliphatic carbocycles. The van der Waals surface area contributed by atoms with Crippen molar-refractivity contribution in [1.29, 1.82) is 0 Å². The summed E-state index contributed by atoms with van der Waals surface area (Å²) in [7, 11) is 0. The fourth-order valence-electron chi connectivity index (χ4n) is 4.81. The van der Waals surface area contributed by atoms with Crippen molar-refractivity contribution < 1.29 is 0 Å². The monoisotopic (exact) mass is 486 g/mol. The summed E-state index contributed by atoms with van der Waals surface area (Å²) < 4.78 is 0. The highest BCUT2D eigenvalue weighted by atomic mass is 15.0. The number of nitrogens with zero attached hydrogens (tertiary/aromatic N) is 4. The van der Waals surface area contributed by atoms with E-state index in [-0.39, 0.29) is 0 Å². The van der Waals surface area contributed by atoms with Gasteiger partial charge in [0.2, 0.25) is 0 Å². The fourth-order valence-corrected chi connectivity index (χ4v) is 4.81. The van der Waals surface area contributed by atoms with Crippen molar-refractivity contribution in [3.8, 4) is 45.3 Å². The molecule has 2 heterocycles. The average molecular weight is 487 g/mol. The first-order valence-electron chi connectivity index (χ1n) is 12.6. The molecule has 0 aliphatic heterocycles. The van der Waals surface area contributed by atoms with Gasteiger partial charge in [-0.2, -0.15) is 0 Å². The molecule has 5 aromatic carbocycles. The largest absolute Gasteiger partial charge is 0.256 e. The van der Waals surface area contributed by atoms with E-state index in [0.29, 0.717) is 17.5 Å². The Bertz CT molecular complexity index is 1860. The van der Waals surface area contributed by atoms with Crippen molar-refractivity contribution >= 4 is 21.7 Å². The van der Waals surface area contributed by atoms with Crippen LogP contribution in [0.5, 0.6) is 0 Å². The average Bonchev–Trinajstić information content (AvgIpc) is 3.01. The highest BCUT2D eigenvalue weighted by Crippen LogP contribution is 2.31. The number of rotatable bonds is 4. The lowest BCUT2D eigenvalue weighted by atomic mass is 9.98. The third-order valence-electron chi connectivity index (χ3n) is 6.74. The van der Waals surface area contributed by atoms with Crippen LogP contribution in [-0.2, 0) is 0 Å². The zero-order valence-electron chi connectivity index (χ0n) is 20.5. The molecule has 0 unspecified atom stereocenters. The molecule has 0 aliphatic rings. The van der Waals surface area contributed by atoms with Gasteiger partial charge in [0.25, 0.3) is 0 Å². The third kappa shape index (κ3) is 4.08. The maximum Gasteiger partial charge on any atom is 0.164 e. The molecular weight excluding hydrogens is 464 g/mol. The lowest BCUT2D eigenvalue weighted by Gasteiger charge is -2.10. The zero-order chi connectivity index (χ0) is 25.3. The van der Waals surface area contributed by atoms with Crippen LogP contribution in [0.1, 0.15) is 0 Å². The van der Waals surface area contributed by atoms with Gasteiger partial charge in [-0.1, -0.05) is 109 Å². The number of fused-ring (bicyclic) bond motifs is 3. The normalized spacial score (nSPS) is 11.2. The van der Waals surface area contributed by atoms with Gasteiger partial charge in [0, 0.05) is 33.7 Å². The van der Waals surface area contributed by atoms with Crippen molar-refractivity contribution in [2.75, 3.05) is 0 Å². The summed E-state index contributed by atoms with van der Waals surface area (Å²) in [4.78, 5) is 19.2. The van der Waals surface area contributed by atoms with Crippen LogP contribution in [-0.4, -0.2) is 19.9 Å². The molecule has 0 saturated carbocycles. The quantitative estimate of drug-likeness (QED) is 0.235. The van der Waals surface area contributed by atoms with Gasteiger partial charge in [-0.25, -0.2) is 15.0 Å². The predicted octanol–water partition coefficient (Wildman–Crippen LogP) is 8.24. The lowest BCUT2D eigenvalue weighted by Crippen LogP contribution is -2.00. The van der Waals surface area contributed by atoms with E-state index in [9.17, 15) is 0 Å². The highest BCUT2D eigenvalue weighted by molar-refractivity contribution is 6.06. The maximum absolute atomic E-state index is 4.89. The van der Waals surface area contributed by atoms with Gasteiger partial charge in [-0.15, -0.1) is 0 Å². The Morgan fingerprint density at radius 1 is 0.368 bits per heavy atom. The minimum absolute atomic E-state index is 0.648. The molecule has 7 rings (SSSR count). The molecule has 0 bridgehead atoms. The van der Waals surface area contributed by atoms with E-state index in [1.165, 1.54) is 5.39 Å². The van der Waals surface area contributed by atoms with Crippen LogP contribution in [0.2, 0.25) is 0 Å². The number of hydrogen-bond acceptors (Lipinski definition) is 4. The van der Waals surface area contributed by atoms with Crippen LogP contribution in [0.3, 0.4) is 0 Å².